The minimum Gasteiger partial charge on any atom is -0.380 e. The summed E-state index contributed by atoms with van der Waals surface area (Å²) in [5, 5.41) is 10.4. The van der Waals surface area contributed by atoms with Gasteiger partial charge in [0.1, 0.15) is 23.3 Å². The molecule has 618 valence electrons. The lowest BCUT2D eigenvalue weighted by atomic mass is 9.97. The van der Waals surface area contributed by atoms with Gasteiger partial charge in [0.25, 0.3) is 29.5 Å². The maximum absolute atomic E-state index is 14.3. The summed E-state index contributed by atoms with van der Waals surface area (Å²) in [6.07, 6.45) is 4.20. The van der Waals surface area contributed by atoms with Gasteiger partial charge in [0, 0.05) is 129 Å². The summed E-state index contributed by atoms with van der Waals surface area (Å²) in [6.45, 7) is 16.3. The van der Waals surface area contributed by atoms with E-state index in [1.807, 2.05) is 93.8 Å². The second-order valence-corrected chi connectivity index (χ2v) is 31.0. The molecule has 0 bridgehead atoms. The molecule has 0 radical (unpaired) electrons. The molecule has 2 fully saturated rings. The van der Waals surface area contributed by atoms with Gasteiger partial charge in [-0.1, -0.05) is 118 Å². The number of ether oxygens (including phenoxy) is 5. The van der Waals surface area contributed by atoms with Crippen LogP contribution in [0.1, 0.15) is 147 Å². The third kappa shape index (κ3) is 26.7. The van der Waals surface area contributed by atoms with Crippen LogP contribution < -0.4 is 16.0 Å². The van der Waals surface area contributed by atoms with Gasteiger partial charge in [-0.25, -0.2) is 17.6 Å². The maximum Gasteiger partial charge on any atom is 0.253 e. The Morgan fingerprint density at radius 2 is 0.598 bits per heavy atom. The van der Waals surface area contributed by atoms with Gasteiger partial charge in [-0.2, -0.15) is 0 Å². The Labute approximate surface area is 712 Å². The molecular weight excluding hydrogens is 1620 g/mol. The zero-order chi connectivity index (χ0) is 85.2. The zero-order valence-corrected chi connectivity index (χ0v) is 71.5. The van der Waals surface area contributed by atoms with Crippen molar-refractivity contribution >= 4 is 99.1 Å². The van der Waals surface area contributed by atoms with E-state index in [1.165, 1.54) is 30.3 Å². The SMILES string of the molecule is COCc1cc(C(=O)N2CCCC2)ccc1-c1ccc(Cl)c(F)c1.COCc1cc(C(=O)N2CCCC2)ccc1-c1ccc(Cl)cc1F.COCc1cc(C(=O)NC(C)C)ccc1-c1ccc(Cl)c(Cl)c1.COCc1cc(C(=O)NC(C)C)ccc1-c1ccc(Cl)cc1F.COCc1cc(C(=O)NC(C)C)ccc1-c1ccc(F)c(Cl)c1. The van der Waals surface area contributed by atoms with Crippen LogP contribution in [0.2, 0.25) is 30.1 Å². The Bertz CT molecular complexity index is 4990. The first-order valence-corrected chi connectivity index (χ1v) is 40.1. The Kier molecular flexibility index (Phi) is 36.4. The van der Waals surface area contributed by atoms with Crippen molar-refractivity contribution in [1.82, 2.24) is 25.8 Å². The molecule has 0 saturated carbocycles. The van der Waals surface area contributed by atoms with E-state index in [-0.39, 0.29) is 64.3 Å². The van der Waals surface area contributed by atoms with E-state index in [2.05, 4.69) is 16.0 Å². The summed E-state index contributed by atoms with van der Waals surface area (Å²) in [4.78, 5) is 65.3. The Morgan fingerprint density at radius 3 is 0.915 bits per heavy atom. The summed E-state index contributed by atoms with van der Waals surface area (Å²) in [6, 6.07) is 50.9. The van der Waals surface area contributed by atoms with Crippen molar-refractivity contribution in [1.29, 1.82) is 0 Å². The Hall–Kier alpha value is -9.19. The molecule has 2 saturated heterocycles. The number of benzene rings is 10. The van der Waals surface area contributed by atoms with Crippen LogP contribution in [0.15, 0.2) is 182 Å². The number of rotatable bonds is 23. The second-order valence-electron chi connectivity index (χ2n) is 28.5. The molecule has 15 nitrogen and oxygen atoms in total. The number of hydrogen-bond donors (Lipinski definition) is 3. The monoisotopic (exact) mass is 1720 g/mol. The van der Waals surface area contributed by atoms with Gasteiger partial charge in [-0.15, -0.1) is 0 Å². The highest BCUT2D eigenvalue weighted by Crippen LogP contribution is 2.36. The van der Waals surface area contributed by atoms with Gasteiger partial charge in [-0.05, 0) is 273 Å². The summed E-state index contributed by atoms with van der Waals surface area (Å²) in [5.41, 5.74) is 14.4. The molecule has 10 aromatic carbocycles. The molecule has 0 unspecified atom stereocenters. The molecule has 0 atom stereocenters. The number of likely N-dealkylation sites (tertiary alicyclic amines) is 2. The summed E-state index contributed by atoms with van der Waals surface area (Å²) < 4.78 is 81.7. The zero-order valence-electron chi connectivity index (χ0n) is 67.0. The number of carbonyl (C=O) groups excluding carboxylic acids is 5. The molecule has 2 aliphatic rings. The van der Waals surface area contributed by atoms with Gasteiger partial charge >= 0.3 is 0 Å². The number of carbonyl (C=O) groups is 5. The lowest BCUT2D eigenvalue weighted by Crippen LogP contribution is -2.30. The highest BCUT2D eigenvalue weighted by atomic mass is 35.5. The summed E-state index contributed by atoms with van der Waals surface area (Å²) >= 11 is 35.3. The van der Waals surface area contributed by atoms with E-state index >= 15 is 0 Å². The first-order chi connectivity index (χ1) is 55.9. The van der Waals surface area contributed by atoms with Crippen LogP contribution in [0.4, 0.5) is 17.6 Å². The average Bonchev–Trinajstić information content (AvgIpc) is 1.34. The fourth-order valence-electron chi connectivity index (χ4n) is 13.1. The smallest absolute Gasteiger partial charge is 0.253 e. The van der Waals surface area contributed by atoms with E-state index < -0.39 is 23.3 Å². The molecular formula is C92H95Cl6F4N5O10. The van der Waals surface area contributed by atoms with Gasteiger partial charge in [-0.3, -0.25) is 24.0 Å². The van der Waals surface area contributed by atoms with Crippen LogP contribution in [0.25, 0.3) is 55.6 Å². The van der Waals surface area contributed by atoms with Gasteiger partial charge < -0.3 is 49.4 Å². The minimum absolute atomic E-state index is 0.0213. The number of nitrogens with zero attached hydrogens (tertiary/aromatic N) is 2. The molecule has 5 amide bonds. The average molecular weight is 1720 g/mol. The van der Waals surface area contributed by atoms with Gasteiger partial charge in [0.15, 0.2) is 0 Å². The van der Waals surface area contributed by atoms with E-state index in [0.717, 1.165) is 107 Å². The lowest BCUT2D eigenvalue weighted by Gasteiger charge is -2.17. The molecule has 0 spiro atoms. The van der Waals surface area contributed by atoms with E-state index in [1.54, 1.807) is 145 Å². The normalized spacial score (nSPS) is 12.2. The molecule has 0 aromatic heterocycles. The van der Waals surface area contributed by atoms with Crippen LogP contribution in [0.3, 0.4) is 0 Å². The predicted molar refractivity (Wildman–Crippen MR) is 461 cm³/mol. The molecule has 10 aromatic rings. The number of methoxy groups -OCH3 is 5. The van der Waals surface area contributed by atoms with Crippen molar-refractivity contribution < 1.29 is 65.2 Å². The molecule has 2 aliphatic heterocycles. The molecule has 25 heteroatoms. The quantitative estimate of drug-likeness (QED) is 0.0523. The standard InChI is InChI=1S/2C19H19ClFNO2.C18H19Cl2NO2.2C18H19ClFNO2/c1-24-12-15-10-14(19(23)22-8-2-3-9-22)4-6-16(15)13-5-7-17(20)18(21)11-13;1-24-12-14-10-13(19(23)22-8-2-3-9-22)4-6-16(14)17-7-5-15(20)11-18(17)21;1-11(2)21-18(22)13-4-6-15(14(8-13)10-23-3)12-5-7-16(19)17(20)9-12;1-11(2)21-18(22)13-4-6-15(14(8-13)10-23-3)12-5-7-17(20)16(19)9-12;1-11(2)21-18(22)12-4-6-15(13(8-12)10-23-3)16-7-5-14(19)9-17(16)20/h2*4-7,10-11H,2-3,8-9,12H2,1H3;3*4-9,11H,10H2,1-3H3,(H,21,22). The highest BCUT2D eigenvalue weighted by Gasteiger charge is 2.25. The van der Waals surface area contributed by atoms with Crippen molar-refractivity contribution in [3.05, 3.63) is 291 Å². The Balaban J connectivity index is 0.000000183. The number of amides is 5. The minimum atomic E-state index is -0.463. The fraction of sp³-hybridized carbons (Fsp3) is 0.293. The van der Waals surface area contributed by atoms with Crippen molar-refractivity contribution in [3.8, 4) is 55.6 Å². The van der Waals surface area contributed by atoms with Crippen molar-refractivity contribution in [2.45, 2.75) is 118 Å². The van der Waals surface area contributed by atoms with Gasteiger partial charge in [0.2, 0.25) is 0 Å². The topological polar surface area (TPSA) is 174 Å². The number of nitrogens with one attached hydrogen (secondary N) is 3. The van der Waals surface area contributed by atoms with Crippen LogP contribution >= 0.6 is 69.6 Å². The van der Waals surface area contributed by atoms with Crippen LogP contribution in [-0.2, 0) is 56.7 Å². The first-order valence-electron chi connectivity index (χ1n) is 37.8. The lowest BCUT2D eigenvalue weighted by molar-refractivity contribution is 0.0785. The van der Waals surface area contributed by atoms with Crippen molar-refractivity contribution in [3.63, 3.8) is 0 Å². The molecule has 2 heterocycles. The molecule has 12 rings (SSSR count). The molecule has 117 heavy (non-hydrogen) atoms. The van der Waals surface area contributed by atoms with Crippen LogP contribution in [-0.4, -0.2) is 119 Å². The van der Waals surface area contributed by atoms with Crippen molar-refractivity contribution in [2.75, 3.05) is 61.7 Å². The molecule has 0 aliphatic carbocycles. The predicted octanol–water partition coefficient (Wildman–Crippen LogP) is 22.9. The second kappa shape index (κ2) is 45.7. The fourth-order valence-corrected chi connectivity index (χ4v) is 14.0. The number of halogens is 10. The summed E-state index contributed by atoms with van der Waals surface area (Å²) in [5.74, 6) is -2.06. The third-order valence-corrected chi connectivity index (χ3v) is 20.3. The highest BCUT2D eigenvalue weighted by molar-refractivity contribution is 6.42. The largest absolute Gasteiger partial charge is 0.380 e. The van der Waals surface area contributed by atoms with E-state index in [0.29, 0.717) is 102 Å². The van der Waals surface area contributed by atoms with Crippen molar-refractivity contribution in [2.24, 2.45) is 0 Å². The van der Waals surface area contributed by atoms with E-state index in [4.69, 9.17) is 93.3 Å². The first kappa shape index (κ1) is 93.3. The Morgan fingerprint density at radius 1 is 0.308 bits per heavy atom. The van der Waals surface area contributed by atoms with Crippen LogP contribution in [0, 0.1) is 23.3 Å². The summed E-state index contributed by atoms with van der Waals surface area (Å²) in [7, 11) is 7.95. The number of hydrogen-bond acceptors (Lipinski definition) is 10. The van der Waals surface area contributed by atoms with Gasteiger partial charge in [0.05, 0.1) is 53.1 Å². The maximum atomic E-state index is 14.3. The molecule has 3 N–H and O–H groups in total. The third-order valence-electron chi connectivity index (χ3n) is 18.5. The van der Waals surface area contributed by atoms with E-state index in [9.17, 15) is 41.5 Å². The van der Waals surface area contributed by atoms with Crippen LogP contribution in [0.5, 0.6) is 0 Å².